The van der Waals surface area contributed by atoms with Gasteiger partial charge < -0.3 is 0 Å². The molecule has 1 aliphatic rings. The van der Waals surface area contributed by atoms with E-state index in [1.807, 2.05) is 57.2 Å². The van der Waals surface area contributed by atoms with Crippen LogP contribution in [0.3, 0.4) is 0 Å². The van der Waals surface area contributed by atoms with Gasteiger partial charge in [0.15, 0.2) is 11.6 Å². The number of benzene rings is 1. The van der Waals surface area contributed by atoms with Crippen molar-refractivity contribution in [2.75, 3.05) is 0 Å². The zero-order chi connectivity index (χ0) is 14.8. The summed E-state index contributed by atoms with van der Waals surface area (Å²) in [5, 5.41) is 0. The lowest BCUT2D eigenvalue weighted by atomic mass is 9.66. The third-order valence-electron chi connectivity index (χ3n) is 3.78. The maximum absolute atomic E-state index is 12.5. The molecule has 1 aliphatic carbocycles. The molecule has 0 unspecified atom stereocenters. The highest BCUT2D eigenvalue weighted by Crippen LogP contribution is 2.40. The Bertz CT molecular complexity index is 577. The van der Waals surface area contributed by atoms with Crippen molar-refractivity contribution in [3.05, 3.63) is 53.6 Å². The Morgan fingerprint density at radius 2 is 1.90 bits per heavy atom. The average Bonchev–Trinajstić information content (AvgIpc) is 2.35. The van der Waals surface area contributed by atoms with Crippen LogP contribution in [0, 0.1) is 11.3 Å². The molecular weight excluding hydrogens is 248 g/mol. The van der Waals surface area contributed by atoms with E-state index >= 15 is 0 Å². The van der Waals surface area contributed by atoms with Gasteiger partial charge in [-0.15, -0.1) is 0 Å². The number of carbonyl (C=O) groups is 2. The zero-order valence-corrected chi connectivity index (χ0v) is 12.2. The van der Waals surface area contributed by atoms with Crippen LogP contribution in [-0.2, 0) is 9.59 Å². The van der Waals surface area contributed by atoms with E-state index < -0.39 is 0 Å². The van der Waals surface area contributed by atoms with E-state index in [0.29, 0.717) is 6.42 Å². The maximum atomic E-state index is 12.5. The van der Waals surface area contributed by atoms with E-state index in [1.165, 1.54) is 0 Å². The summed E-state index contributed by atoms with van der Waals surface area (Å²) in [5.41, 5.74) is 1.56. The standard InChI is InChI=1S/C18H20O2/c1-13-11-15(19)12-18(2,3)17(13)16(20)10-9-14-7-5-4-6-8-14/h4-11,17H,12H2,1-3H3/b10-9+/t17-/m1/s1. The first-order valence-electron chi connectivity index (χ1n) is 6.88. The summed E-state index contributed by atoms with van der Waals surface area (Å²) >= 11 is 0. The summed E-state index contributed by atoms with van der Waals surface area (Å²) in [4.78, 5) is 24.1. The van der Waals surface area contributed by atoms with Crippen LogP contribution < -0.4 is 0 Å². The summed E-state index contributed by atoms with van der Waals surface area (Å²) in [5.74, 6) is -0.0242. The van der Waals surface area contributed by atoms with E-state index in [2.05, 4.69) is 0 Å². The smallest absolute Gasteiger partial charge is 0.163 e. The van der Waals surface area contributed by atoms with Crippen molar-refractivity contribution in [3.63, 3.8) is 0 Å². The molecule has 0 saturated carbocycles. The lowest BCUT2D eigenvalue weighted by Crippen LogP contribution is -2.36. The highest BCUT2D eigenvalue weighted by Gasteiger charge is 2.39. The Morgan fingerprint density at radius 3 is 2.50 bits per heavy atom. The van der Waals surface area contributed by atoms with Crippen molar-refractivity contribution in [1.82, 2.24) is 0 Å². The van der Waals surface area contributed by atoms with Crippen molar-refractivity contribution in [3.8, 4) is 0 Å². The second kappa shape index (κ2) is 5.58. The summed E-state index contributed by atoms with van der Waals surface area (Å²) < 4.78 is 0. The molecule has 0 aromatic heterocycles. The summed E-state index contributed by atoms with van der Waals surface area (Å²) in [6, 6.07) is 9.75. The van der Waals surface area contributed by atoms with Crippen LogP contribution in [0.2, 0.25) is 0 Å². The fourth-order valence-corrected chi connectivity index (χ4v) is 3.00. The zero-order valence-electron chi connectivity index (χ0n) is 12.2. The minimum absolute atomic E-state index is 0.0695. The topological polar surface area (TPSA) is 34.1 Å². The van der Waals surface area contributed by atoms with Crippen LogP contribution >= 0.6 is 0 Å². The van der Waals surface area contributed by atoms with Gasteiger partial charge in [-0.25, -0.2) is 0 Å². The second-order valence-electron chi connectivity index (χ2n) is 6.10. The highest BCUT2D eigenvalue weighted by molar-refractivity contribution is 6.01. The quantitative estimate of drug-likeness (QED) is 0.781. The molecule has 0 amide bonds. The molecule has 0 radical (unpaired) electrons. The molecule has 0 aliphatic heterocycles. The van der Waals surface area contributed by atoms with Crippen molar-refractivity contribution >= 4 is 17.6 Å². The number of carbonyl (C=O) groups excluding carboxylic acids is 2. The van der Waals surface area contributed by atoms with Crippen molar-refractivity contribution in [2.24, 2.45) is 11.3 Å². The van der Waals surface area contributed by atoms with Crippen molar-refractivity contribution in [2.45, 2.75) is 27.2 Å². The van der Waals surface area contributed by atoms with E-state index in [0.717, 1.165) is 11.1 Å². The fourth-order valence-electron chi connectivity index (χ4n) is 3.00. The van der Waals surface area contributed by atoms with Crippen LogP contribution in [0.15, 0.2) is 48.1 Å². The average molecular weight is 268 g/mol. The van der Waals surface area contributed by atoms with Gasteiger partial charge in [-0.05, 0) is 30.1 Å². The van der Waals surface area contributed by atoms with Gasteiger partial charge >= 0.3 is 0 Å². The lowest BCUT2D eigenvalue weighted by Gasteiger charge is -2.35. The maximum Gasteiger partial charge on any atom is 0.163 e. The number of hydrogen-bond donors (Lipinski definition) is 0. The number of hydrogen-bond acceptors (Lipinski definition) is 2. The summed E-state index contributed by atoms with van der Waals surface area (Å²) in [6.07, 6.45) is 5.51. The third-order valence-corrected chi connectivity index (χ3v) is 3.78. The summed E-state index contributed by atoms with van der Waals surface area (Å²) in [6.45, 7) is 5.85. The Balaban J connectivity index is 2.22. The molecule has 2 rings (SSSR count). The Labute approximate surface area is 120 Å². The van der Waals surface area contributed by atoms with Crippen molar-refractivity contribution in [1.29, 1.82) is 0 Å². The molecule has 104 valence electrons. The molecule has 2 heteroatoms. The molecule has 0 spiro atoms. The predicted octanol–water partition coefficient (Wildman–Crippen LogP) is 3.83. The normalized spacial score (nSPS) is 21.9. The van der Waals surface area contributed by atoms with Gasteiger partial charge in [0, 0.05) is 12.3 Å². The Morgan fingerprint density at radius 1 is 1.25 bits per heavy atom. The predicted molar refractivity (Wildman–Crippen MR) is 81.1 cm³/mol. The van der Waals surface area contributed by atoms with Crippen LogP contribution in [0.5, 0.6) is 0 Å². The molecule has 2 nitrogen and oxygen atoms in total. The first-order chi connectivity index (χ1) is 9.40. The first kappa shape index (κ1) is 14.4. The van der Waals surface area contributed by atoms with E-state index in [1.54, 1.807) is 12.2 Å². The molecule has 0 bridgehead atoms. The molecule has 0 saturated heterocycles. The molecule has 0 heterocycles. The SMILES string of the molecule is CC1=CC(=O)CC(C)(C)[C@H]1C(=O)/C=C/c1ccccc1. The fraction of sp³-hybridized carbons (Fsp3) is 0.333. The minimum atomic E-state index is -0.311. The van der Waals surface area contributed by atoms with Gasteiger partial charge in [0.1, 0.15) is 0 Å². The van der Waals surface area contributed by atoms with Gasteiger partial charge in [-0.1, -0.05) is 55.8 Å². The van der Waals surface area contributed by atoms with Crippen LogP contribution in [0.25, 0.3) is 6.08 Å². The molecule has 1 aromatic rings. The summed E-state index contributed by atoms with van der Waals surface area (Å²) in [7, 11) is 0. The van der Waals surface area contributed by atoms with Gasteiger partial charge in [0.05, 0.1) is 0 Å². The first-order valence-corrected chi connectivity index (χ1v) is 6.88. The van der Waals surface area contributed by atoms with Gasteiger partial charge in [0.2, 0.25) is 0 Å². The van der Waals surface area contributed by atoms with Gasteiger partial charge in [-0.3, -0.25) is 9.59 Å². The van der Waals surface area contributed by atoms with E-state index in [9.17, 15) is 9.59 Å². The molecule has 1 aromatic carbocycles. The van der Waals surface area contributed by atoms with E-state index in [-0.39, 0.29) is 22.9 Å². The molecular formula is C18H20O2. The molecule has 0 N–H and O–H groups in total. The number of allylic oxidation sites excluding steroid dienone is 3. The van der Waals surface area contributed by atoms with Crippen LogP contribution in [0.1, 0.15) is 32.8 Å². The molecule has 0 fully saturated rings. The van der Waals surface area contributed by atoms with Gasteiger partial charge in [0.25, 0.3) is 0 Å². The highest BCUT2D eigenvalue weighted by atomic mass is 16.1. The van der Waals surface area contributed by atoms with E-state index in [4.69, 9.17) is 0 Å². The third kappa shape index (κ3) is 3.13. The Kier molecular flexibility index (Phi) is 4.03. The largest absolute Gasteiger partial charge is 0.295 e. The minimum Gasteiger partial charge on any atom is -0.295 e. The lowest BCUT2D eigenvalue weighted by molar-refractivity contribution is -0.123. The number of ketones is 2. The number of rotatable bonds is 3. The Hall–Kier alpha value is -1.96. The van der Waals surface area contributed by atoms with Gasteiger partial charge in [-0.2, -0.15) is 0 Å². The van der Waals surface area contributed by atoms with Crippen LogP contribution in [-0.4, -0.2) is 11.6 Å². The second-order valence-corrected chi connectivity index (χ2v) is 6.10. The van der Waals surface area contributed by atoms with Crippen molar-refractivity contribution < 1.29 is 9.59 Å². The molecule has 1 atom stereocenters. The monoisotopic (exact) mass is 268 g/mol. The van der Waals surface area contributed by atoms with Crippen LogP contribution in [0.4, 0.5) is 0 Å². The molecule has 20 heavy (non-hydrogen) atoms.